The normalized spacial score (nSPS) is 11.6. The summed E-state index contributed by atoms with van der Waals surface area (Å²) < 4.78 is 44.1. The van der Waals surface area contributed by atoms with Gasteiger partial charge in [0.05, 0.1) is 16.8 Å². The summed E-state index contributed by atoms with van der Waals surface area (Å²) in [6.45, 7) is 0. The fourth-order valence-electron chi connectivity index (χ4n) is 2.72. The molecule has 11 heteroatoms. The van der Waals surface area contributed by atoms with Crippen LogP contribution < -0.4 is 16.0 Å². The number of hydrogen-bond acceptors (Lipinski definition) is 6. The van der Waals surface area contributed by atoms with Crippen molar-refractivity contribution in [1.82, 2.24) is 19.9 Å². The summed E-state index contributed by atoms with van der Waals surface area (Å²) >= 11 is 5.97. The Kier molecular flexibility index (Phi) is 4.78. The van der Waals surface area contributed by atoms with Crippen LogP contribution in [0.15, 0.2) is 53.3 Å². The van der Waals surface area contributed by atoms with Gasteiger partial charge in [0, 0.05) is 11.6 Å². The Morgan fingerprint density at radius 3 is 2.47 bits per heavy atom. The minimum Gasteiger partial charge on any atom is -0.436 e. The Hall–Kier alpha value is -3.66. The number of aromatic amines is 1. The van der Waals surface area contributed by atoms with Crippen LogP contribution in [0.3, 0.4) is 0 Å². The van der Waals surface area contributed by atoms with Crippen molar-refractivity contribution in [2.45, 2.75) is 6.18 Å². The predicted octanol–water partition coefficient (Wildman–Crippen LogP) is 4.43. The monoisotopic (exact) mass is 433 g/mol. The van der Waals surface area contributed by atoms with E-state index in [0.717, 1.165) is 12.1 Å². The van der Waals surface area contributed by atoms with E-state index in [9.17, 15) is 18.0 Å². The number of nitrogen functional groups attached to an aromatic ring is 1. The number of nitrogens with one attached hydrogen (secondary N) is 1. The van der Waals surface area contributed by atoms with Gasteiger partial charge in [-0.3, -0.25) is 4.79 Å². The van der Waals surface area contributed by atoms with Crippen molar-refractivity contribution in [2.24, 2.45) is 0 Å². The van der Waals surface area contributed by atoms with Crippen molar-refractivity contribution in [3.63, 3.8) is 0 Å². The molecule has 0 saturated heterocycles. The second-order valence-electron chi connectivity index (χ2n) is 6.14. The van der Waals surface area contributed by atoms with Crippen LogP contribution in [-0.2, 0) is 6.18 Å². The van der Waals surface area contributed by atoms with Gasteiger partial charge in [-0.1, -0.05) is 18.2 Å². The Morgan fingerprint density at radius 1 is 1.03 bits per heavy atom. The highest BCUT2D eigenvalue weighted by Crippen LogP contribution is 2.32. The molecule has 0 unspecified atom stereocenters. The molecular formula is C19H11ClF3N5O2. The number of para-hydroxylation sites is 1. The maximum atomic E-state index is 12.8. The van der Waals surface area contributed by atoms with Crippen LogP contribution in [-0.4, -0.2) is 19.9 Å². The van der Waals surface area contributed by atoms with Gasteiger partial charge in [0.1, 0.15) is 5.52 Å². The average molecular weight is 434 g/mol. The fraction of sp³-hybridized carbons (Fsp3) is 0.0526. The number of fused-ring (bicyclic) bond motifs is 1. The van der Waals surface area contributed by atoms with Gasteiger partial charge in [-0.05, 0) is 35.9 Å². The summed E-state index contributed by atoms with van der Waals surface area (Å²) in [5, 5.41) is -0.163. The van der Waals surface area contributed by atoms with Crippen LogP contribution in [0.5, 0.6) is 11.6 Å². The summed E-state index contributed by atoms with van der Waals surface area (Å²) in [7, 11) is 0. The average Bonchev–Trinajstić information content (AvgIpc) is 2.68. The van der Waals surface area contributed by atoms with Gasteiger partial charge < -0.3 is 15.5 Å². The molecule has 0 atom stereocenters. The van der Waals surface area contributed by atoms with Gasteiger partial charge in [0.15, 0.2) is 11.6 Å². The highest BCUT2D eigenvalue weighted by molar-refractivity contribution is 6.28. The van der Waals surface area contributed by atoms with Gasteiger partial charge >= 0.3 is 6.18 Å². The smallest absolute Gasteiger partial charge is 0.416 e. The maximum Gasteiger partial charge on any atom is 0.416 e. The first kappa shape index (κ1) is 19.6. The number of rotatable bonds is 3. The molecule has 2 aromatic carbocycles. The second kappa shape index (κ2) is 7.30. The molecule has 0 radical (unpaired) electrons. The Bertz CT molecular complexity index is 1310. The third kappa shape index (κ3) is 3.90. The van der Waals surface area contributed by atoms with Gasteiger partial charge in [-0.25, -0.2) is 9.97 Å². The van der Waals surface area contributed by atoms with E-state index in [4.69, 9.17) is 22.1 Å². The standard InChI is InChI=1S/C19H11ClF3N5O2/c20-18-26-12(9-4-6-10(7-5-9)19(21,22)23)8-14(27-18)30-13-3-1-2-11-15(13)28-16(24)17(29)25-11/h1-8H,(H2,24,28)(H,25,29). The number of benzene rings is 2. The Morgan fingerprint density at radius 2 is 1.77 bits per heavy atom. The quantitative estimate of drug-likeness (QED) is 0.463. The van der Waals surface area contributed by atoms with Gasteiger partial charge in [-0.2, -0.15) is 18.2 Å². The first-order chi connectivity index (χ1) is 14.2. The molecular weight excluding hydrogens is 423 g/mol. The number of hydrogen-bond donors (Lipinski definition) is 2. The van der Waals surface area contributed by atoms with Gasteiger partial charge in [0.25, 0.3) is 5.56 Å². The zero-order valence-electron chi connectivity index (χ0n) is 14.9. The van der Waals surface area contributed by atoms with Crippen molar-refractivity contribution in [3.8, 4) is 22.9 Å². The van der Waals surface area contributed by atoms with Crippen molar-refractivity contribution in [3.05, 3.63) is 69.7 Å². The summed E-state index contributed by atoms with van der Waals surface area (Å²) in [5.74, 6) is 0.0391. The van der Waals surface area contributed by atoms with Crippen molar-refractivity contribution >= 4 is 28.5 Å². The molecule has 0 aliphatic rings. The van der Waals surface area contributed by atoms with Crippen LogP contribution >= 0.6 is 11.6 Å². The minimum absolute atomic E-state index is 0.0315. The molecule has 7 nitrogen and oxygen atoms in total. The zero-order chi connectivity index (χ0) is 21.5. The summed E-state index contributed by atoms with van der Waals surface area (Å²) in [6, 6.07) is 10.7. The molecule has 0 bridgehead atoms. The summed E-state index contributed by atoms with van der Waals surface area (Å²) in [6.07, 6.45) is -4.44. The van der Waals surface area contributed by atoms with E-state index in [-0.39, 0.29) is 28.4 Å². The highest BCUT2D eigenvalue weighted by Gasteiger charge is 2.30. The van der Waals surface area contributed by atoms with Crippen molar-refractivity contribution in [1.29, 1.82) is 0 Å². The molecule has 152 valence electrons. The molecule has 3 N–H and O–H groups in total. The molecule has 30 heavy (non-hydrogen) atoms. The largest absolute Gasteiger partial charge is 0.436 e. The number of anilines is 1. The molecule has 0 fully saturated rings. The van der Waals surface area contributed by atoms with Crippen LogP contribution in [0.2, 0.25) is 5.28 Å². The Balaban J connectivity index is 1.72. The highest BCUT2D eigenvalue weighted by atomic mass is 35.5. The number of aromatic nitrogens is 4. The molecule has 4 rings (SSSR count). The maximum absolute atomic E-state index is 12.8. The van der Waals surface area contributed by atoms with Crippen LogP contribution in [0.25, 0.3) is 22.3 Å². The molecule has 2 aromatic heterocycles. The number of H-pyrrole nitrogens is 1. The zero-order valence-corrected chi connectivity index (χ0v) is 15.6. The summed E-state index contributed by atoms with van der Waals surface area (Å²) in [4.78, 5) is 26.3. The number of halogens is 4. The minimum atomic E-state index is -4.44. The first-order valence-electron chi connectivity index (χ1n) is 8.39. The lowest BCUT2D eigenvalue weighted by Gasteiger charge is -2.10. The second-order valence-corrected chi connectivity index (χ2v) is 6.48. The molecule has 4 aromatic rings. The van der Waals surface area contributed by atoms with Crippen LogP contribution in [0, 0.1) is 0 Å². The number of ether oxygens (including phenoxy) is 1. The third-order valence-corrected chi connectivity index (χ3v) is 4.28. The van der Waals surface area contributed by atoms with E-state index in [1.165, 1.54) is 18.2 Å². The summed E-state index contributed by atoms with van der Waals surface area (Å²) in [5.41, 5.74) is 5.61. The predicted molar refractivity (Wildman–Crippen MR) is 104 cm³/mol. The molecule has 0 amide bonds. The lowest BCUT2D eigenvalue weighted by molar-refractivity contribution is -0.137. The lowest BCUT2D eigenvalue weighted by Crippen LogP contribution is -2.13. The topological polar surface area (TPSA) is 107 Å². The van der Waals surface area contributed by atoms with E-state index in [2.05, 4.69) is 19.9 Å². The lowest BCUT2D eigenvalue weighted by atomic mass is 10.1. The van der Waals surface area contributed by atoms with E-state index in [0.29, 0.717) is 16.6 Å². The van der Waals surface area contributed by atoms with Gasteiger partial charge in [0.2, 0.25) is 11.2 Å². The molecule has 0 spiro atoms. The first-order valence-corrected chi connectivity index (χ1v) is 8.77. The van der Waals surface area contributed by atoms with Crippen molar-refractivity contribution in [2.75, 3.05) is 5.73 Å². The van der Waals surface area contributed by atoms with E-state index < -0.39 is 17.3 Å². The van der Waals surface area contributed by atoms with E-state index >= 15 is 0 Å². The number of nitrogens with two attached hydrogens (primary N) is 1. The van der Waals surface area contributed by atoms with Crippen molar-refractivity contribution < 1.29 is 17.9 Å². The number of alkyl halides is 3. The van der Waals surface area contributed by atoms with Crippen LogP contribution in [0.4, 0.5) is 19.0 Å². The van der Waals surface area contributed by atoms with E-state index in [1.807, 2.05) is 0 Å². The fourth-order valence-corrected chi connectivity index (χ4v) is 2.89. The van der Waals surface area contributed by atoms with E-state index in [1.54, 1.807) is 18.2 Å². The SMILES string of the molecule is Nc1nc2c(Oc3cc(-c4ccc(C(F)(F)F)cc4)nc(Cl)n3)cccc2[nH]c1=O. The molecule has 2 heterocycles. The van der Waals surface area contributed by atoms with Crippen LogP contribution in [0.1, 0.15) is 5.56 Å². The Labute approximate surface area is 171 Å². The molecule has 0 saturated carbocycles. The number of nitrogens with zero attached hydrogens (tertiary/aromatic N) is 3. The third-order valence-electron chi connectivity index (χ3n) is 4.11. The molecule has 0 aliphatic heterocycles. The van der Waals surface area contributed by atoms with Gasteiger partial charge in [-0.15, -0.1) is 0 Å². The molecule has 0 aliphatic carbocycles.